The van der Waals surface area contributed by atoms with Gasteiger partial charge in [0.15, 0.2) is 0 Å². The second kappa shape index (κ2) is 8.69. The third-order valence-electron chi connectivity index (χ3n) is 8.34. The lowest BCUT2D eigenvalue weighted by molar-refractivity contribution is 1.12. The molecule has 9 aromatic rings. The monoisotopic (exact) mass is 540 g/mol. The smallest absolute Gasteiger partial charge is 0.0562 e. The zero-order valence-corrected chi connectivity index (χ0v) is 23.0. The van der Waals surface area contributed by atoms with Crippen LogP contribution in [-0.4, -0.2) is 9.13 Å². The first-order valence-corrected chi connectivity index (χ1v) is 14.8. The van der Waals surface area contributed by atoms with Crippen LogP contribution in [-0.2, 0) is 0 Å². The maximum atomic E-state index is 2.43. The first-order valence-electron chi connectivity index (χ1n) is 13.9. The summed E-state index contributed by atoms with van der Waals surface area (Å²) in [6.45, 7) is 0. The maximum Gasteiger partial charge on any atom is 0.0562 e. The Kier molecular flexibility index (Phi) is 4.80. The van der Waals surface area contributed by atoms with Crippen molar-refractivity contribution in [2.45, 2.75) is 0 Å². The van der Waals surface area contributed by atoms with Crippen molar-refractivity contribution >= 4 is 64.2 Å². The molecule has 0 aliphatic carbocycles. The predicted molar refractivity (Wildman–Crippen MR) is 176 cm³/mol. The Morgan fingerprint density at radius 1 is 0.463 bits per heavy atom. The van der Waals surface area contributed by atoms with Crippen LogP contribution in [0.25, 0.3) is 75.4 Å². The molecule has 9 rings (SSSR count). The molecule has 0 amide bonds. The largest absolute Gasteiger partial charge is 0.316 e. The third-order valence-corrected chi connectivity index (χ3v) is 9.56. The lowest BCUT2D eigenvalue weighted by Crippen LogP contribution is -1.95. The van der Waals surface area contributed by atoms with E-state index in [0.717, 1.165) is 0 Å². The molecule has 3 heteroatoms. The molecule has 2 nitrogen and oxygen atoms in total. The minimum absolute atomic E-state index is 1.17. The number of rotatable bonds is 3. The fourth-order valence-electron chi connectivity index (χ4n) is 6.48. The van der Waals surface area contributed by atoms with Gasteiger partial charge in [0.05, 0.1) is 16.6 Å². The molecule has 3 aromatic heterocycles. The van der Waals surface area contributed by atoms with Gasteiger partial charge in [-0.1, -0.05) is 84.9 Å². The number of aromatic nitrogens is 2. The lowest BCUT2D eigenvalue weighted by Gasteiger charge is -2.12. The fourth-order valence-corrected chi connectivity index (χ4v) is 7.72. The number of benzene rings is 6. The molecule has 0 saturated heterocycles. The molecule has 0 spiro atoms. The van der Waals surface area contributed by atoms with Crippen molar-refractivity contribution in [3.63, 3.8) is 0 Å². The van der Waals surface area contributed by atoms with Gasteiger partial charge >= 0.3 is 0 Å². The predicted octanol–water partition coefficient (Wildman–Crippen LogP) is 10.8. The van der Waals surface area contributed by atoms with Gasteiger partial charge in [-0.15, -0.1) is 11.3 Å². The highest BCUT2D eigenvalue weighted by molar-refractivity contribution is 7.26. The third kappa shape index (κ3) is 3.36. The van der Waals surface area contributed by atoms with Crippen LogP contribution in [0.2, 0.25) is 0 Å². The normalized spacial score (nSPS) is 11.9. The van der Waals surface area contributed by atoms with E-state index in [1.54, 1.807) is 0 Å². The Bertz CT molecular complexity index is 2420. The molecular weight excluding hydrogens is 516 g/mol. The Balaban J connectivity index is 1.30. The molecule has 0 unspecified atom stereocenters. The summed E-state index contributed by atoms with van der Waals surface area (Å²) in [6, 6.07) is 50.8. The van der Waals surface area contributed by atoms with E-state index in [0.29, 0.717) is 0 Å². The van der Waals surface area contributed by atoms with Crippen LogP contribution in [0, 0.1) is 0 Å². The molecule has 0 N–H and O–H groups in total. The van der Waals surface area contributed by atoms with E-state index in [2.05, 4.69) is 155 Å². The molecular formula is C38H24N2S. The molecule has 0 fully saturated rings. The second-order valence-electron chi connectivity index (χ2n) is 10.6. The van der Waals surface area contributed by atoms with Gasteiger partial charge in [-0.2, -0.15) is 0 Å². The summed E-state index contributed by atoms with van der Waals surface area (Å²) >= 11 is 1.88. The SMILES string of the molecule is c1ccc(-n2ccc3cc4c5ccccc5n(-c5cccc(-c6cccc7c6sc6ccccc67)c5)c4cc32)cc1. The van der Waals surface area contributed by atoms with Gasteiger partial charge in [-0.25, -0.2) is 0 Å². The summed E-state index contributed by atoms with van der Waals surface area (Å²) in [4.78, 5) is 0. The van der Waals surface area contributed by atoms with Gasteiger partial charge in [0.2, 0.25) is 0 Å². The molecule has 0 bridgehead atoms. The van der Waals surface area contributed by atoms with E-state index in [-0.39, 0.29) is 0 Å². The van der Waals surface area contributed by atoms with Crippen molar-refractivity contribution < 1.29 is 0 Å². The lowest BCUT2D eigenvalue weighted by atomic mass is 10.0. The summed E-state index contributed by atoms with van der Waals surface area (Å²) in [6.07, 6.45) is 2.18. The molecule has 41 heavy (non-hydrogen) atoms. The summed E-state index contributed by atoms with van der Waals surface area (Å²) in [7, 11) is 0. The summed E-state index contributed by atoms with van der Waals surface area (Å²) in [5.74, 6) is 0. The fraction of sp³-hybridized carbons (Fsp3) is 0. The van der Waals surface area contributed by atoms with Crippen LogP contribution >= 0.6 is 11.3 Å². The first-order chi connectivity index (χ1) is 20.3. The van der Waals surface area contributed by atoms with Crippen molar-refractivity contribution in [1.29, 1.82) is 0 Å². The Morgan fingerprint density at radius 2 is 1.22 bits per heavy atom. The van der Waals surface area contributed by atoms with E-state index in [1.165, 1.54) is 75.4 Å². The van der Waals surface area contributed by atoms with Crippen LogP contribution in [0.1, 0.15) is 0 Å². The molecule has 3 heterocycles. The Morgan fingerprint density at radius 3 is 2.15 bits per heavy atom. The van der Waals surface area contributed by atoms with Gasteiger partial charge < -0.3 is 9.13 Å². The zero-order valence-electron chi connectivity index (χ0n) is 22.2. The van der Waals surface area contributed by atoms with Crippen molar-refractivity contribution in [3.05, 3.63) is 146 Å². The van der Waals surface area contributed by atoms with Gasteiger partial charge in [-0.3, -0.25) is 0 Å². The minimum Gasteiger partial charge on any atom is -0.316 e. The van der Waals surface area contributed by atoms with Crippen LogP contribution in [0.15, 0.2) is 146 Å². The molecule has 0 saturated carbocycles. The van der Waals surface area contributed by atoms with Crippen molar-refractivity contribution in [2.24, 2.45) is 0 Å². The van der Waals surface area contributed by atoms with Gasteiger partial charge in [0.25, 0.3) is 0 Å². The highest BCUT2D eigenvalue weighted by atomic mass is 32.1. The van der Waals surface area contributed by atoms with Gasteiger partial charge in [-0.05, 0) is 65.7 Å². The quantitative estimate of drug-likeness (QED) is 0.211. The number of fused-ring (bicyclic) bond motifs is 7. The number of nitrogens with zero attached hydrogens (tertiary/aromatic N) is 2. The van der Waals surface area contributed by atoms with Crippen molar-refractivity contribution in [1.82, 2.24) is 9.13 Å². The Hall–Kier alpha value is -5.12. The van der Waals surface area contributed by atoms with Gasteiger partial charge in [0, 0.05) is 53.9 Å². The van der Waals surface area contributed by atoms with Crippen LogP contribution in [0.4, 0.5) is 0 Å². The molecule has 0 atom stereocenters. The first kappa shape index (κ1) is 22.7. The summed E-state index contributed by atoms with van der Waals surface area (Å²) in [5.41, 5.74) is 8.50. The molecule has 6 aromatic carbocycles. The second-order valence-corrected chi connectivity index (χ2v) is 11.7. The maximum absolute atomic E-state index is 2.43. The Labute approximate surface area is 240 Å². The van der Waals surface area contributed by atoms with E-state index in [9.17, 15) is 0 Å². The summed E-state index contributed by atoms with van der Waals surface area (Å²) in [5, 5.41) is 6.45. The van der Waals surface area contributed by atoms with E-state index in [4.69, 9.17) is 0 Å². The molecule has 0 aliphatic rings. The highest BCUT2D eigenvalue weighted by Crippen LogP contribution is 2.41. The average molecular weight is 541 g/mol. The van der Waals surface area contributed by atoms with Crippen LogP contribution < -0.4 is 0 Å². The molecule has 0 radical (unpaired) electrons. The summed E-state index contributed by atoms with van der Waals surface area (Å²) < 4.78 is 7.39. The number of hydrogen-bond acceptors (Lipinski definition) is 1. The number of thiophene rings is 1. The van der Waals surface area contributed by atoms with Gasteiger partial charge in [0.1, 0.15) is 0 Å². The topological polar surface area (TPSA) is 9.86 Å². The molecule has 192 valence electrons. The zero-order chi connectivity index (χ0) is 26.9. The number of hydrogen-bond donors (Lipinski definition) is 0. The highest BCUT2D eigenvalue weighted by Gasteiger charge is 2.16. The molecule has 0 aliphatic heterocycles. The van der Waals surface area contributed by atoms with E-state index in [1.807, 2.05) is 11.3 Å². The van der Waals surface area contributed by atoms with Crippen LogP contribution in [0.5, 0.6) is 0 Å². The minimum atomic E-state index is 1.17. The van der Waals surface area contributed by atoms with Crippen LogP contribution in [0.3, 0.4) is 0 Å². The number of para-hydroxylation sites is 2. The van der Waals surface area contributed by atoms with E-state index >= 15 is 0 Å². The van der Waals surface area contributed by atoms with Crippen molar-refractivity contribution in [2.75, 3.05) is 0 Å². The average Bonchev–Trinajstić information content (AvgIpc) is 3.72. The standard InChI is InChI=1S/C38H24N2S/c1-2-11-27(12-3-1)39-21-20-26-23-33-30-14-4-6-18-34(30)40(36(33)24-35(26)39)28-13-8-10-25(22-28)29-16-9-17-32-31-15-5-7-19-37(31)41-38(29)32/h1-24H. The van der Waals surface area contributed by atoms with E-state index < -0.39 is 0 Å². The van der Waals surface area contributed by atoms with Crippen molar-refractivity contribution in [3.8, 4) is 22.5 Å².